The summed E-state index contributed by atoms with van der Waals surface area (Å²) in [7, 11) is 0. The molecule has 0 bridgehead atoms. The van der Waals surface area contributed by atoms with Crippen LogP contribution in [0.15, 0.2) is 24.3 Å². The number of carbonyl (C=O) groups is 1. The minimum Gasteiger partial charge on any atom is -0.330 e. The zero-order chi connectivity index (χ0) is 9.68. The molecule has 2 N–H and O–H groups in total. The molecule has 0 fully saturated rings. The largest absolute Gasteiger partial charge is 0.330 e. The molecular weight excluding hydrogens is 162 g/mol. The van der Waals surface area contributed by atoms with E-state index in [4.69, 9.17) is 5.73 Å². The van der Waals surface area contributed by atoms with Crippen molar-refractivity contribution >= 4 is 5.78 Å². The van der Waals surface area contributed by atoms with Crippen molar-refractivity contribution in [2.45, 2.75) is 19.8 Å². The Morgan fingerprint density at radius 3 is 2.38 bits per heavy atom. The van der Waals surface area contributed by atoms with Crippen LogP contribution in [0.4, 0.5) is 0 Å². The molecule has 0 radical (unpaired) electrons. The summed E-state index contributed by atoms with van der Waals surface area (Å²) in [5.74, 6) is 0.116. The Kier molecular flexibility index (Phi) is 3.65. The molecular formula is C11H15NO. The molecule has 0 aliphatic carbocycles. The molecule has 0 aliphatic rings. The molecule has 2 heteroatoms. The fraction of sp³-hybridized carbons (Fsp3) is 0.364. The Hall–Kier alpha value is -1.15. The number of rotatable bonds is 4. The Morgan fingerprint density at radius 1 is 1.31 bits per heavy atom. The number of carbonyl (C=O) groups excluding carboxylic acids is 1. The van der Waals surface area contributed by atoms with Crippen molar-refractivity contribution in [3.63, 3.8) is 0 Å². The van der Waals surface area contributed by atoms with Crippen LogP contribution in [-0.4, -0.2) is 12.3 Å². The van der Waals surface area contributed by atoms with Gasteiger partial charge >= 0.3 is 0 Å². The highest BCUT2D eigenvalue weighted by Crippen LogP contribution is 2.06. The molecule has 0 heterocycles. The summed E-state index contributed by atoms with van der Waals surface area (Å²) < 4.78 is 0. The molecule has 70 valence electrons. The van der Waals surface area contributed by atoms with Crippen LogP contribution in [0.3, 0.4) is 0 Å². The molecule has 1 aromatic carbocycles. The van der Waals surface area contributed by atoms with Gasteiger partial charge in [0.05, 0.1) is 0 Å². The summed E-state index contributed by atoms with van der Waals surface area (Å²) in [4.78, 5) is 11.0. The van der Waals surface area contributed by atoms with Gasteiger partial charge in [-0.05, 0) is 31.9 Å². The van der Waals surface area contributed by atoms with E-state index in [9.17, 15) is 4.79 Å². The van der Waals surface area contributed by atoms with E-state index in [2.05, 4.69) is 0 Å². The van der Waals surface area contributed by atoms with E-state index in [1.807, 2.05) is 24.3 Å². The van der Waals surface area contributed by atoms with E-state index in [0.29, 0.717) is 6.54 Å². The van der Waals surface area contributed by atoms with Crippen LogP contribution in [0.1, 0.15) is 29.3 Å². The van der Waals surface area contributed by atoms with Crippen molar-refractivity contribution in [3.8, 4) is 0 Å². The van der Waals surface area contributed by atoms with E-state index >= 15 is 0 Å². The summed E-state index contributed by atoms with van der Waals surface area (Å²) in [5.41, 5.74) is 7.42. The van der Waals surface area contributed by atoms with E-state index in [0.717, 1.165) is 18.4 Å². The van der Waals surface area contributed by atoms with E-state index in [-0.39, 0.29) is 5.78 Å². The standard InChI is InChI=1S/C11H15NO/c1-9(13)11-6-4-10(5-7-11)3-2-8-12/h4-7H,2-3,8,12H2,1H3. The lowest BCUT2D eigenvalue weighted by Crippen LogP contribution is -2.00. The molecule has 0 aromatic heterocycles. The van der Waals surface area contributed by atoms with Crippen molar-refractivity contribution in [2.75, 3.05) is 6.54 Å². The average Bonchev–Trinajstić information content (AvgIpc) is 2.15. The number of aryl methyl sites for hydroxylation is 1. The van der Waals surface area contributed by atoms with Gasteiger partial charge in [-0.25, -0.2) is 0 Å². The summed E-state index contributed by atoms with van der Waals surface area (Å²) in [5, 5.41) is 0. The highest BCUT2D eigenvalue weighted by molar-refractivity contribution is 5.93. The number of benzene rings is 1. The fourth-order valence-corrected chi connectivity index (χ4v) is 1.21. The number of hydrogen-bond acceptors (Lipinski definition) is 2. The van der Waals surface area contributed by atoms with Gasteiger partial charge in [0.25, 0.3) is 0 Å². The monoisotopic (exact) mass is 177 g/mol. The second-order valence-corrected chi connectivity index (χ2v) is 3.15. The van der Waals surface area contributed by atoms with Crippen LogP contribution in [-0.2, 0) is 6.42 Å². The molecule has 0 aliphatic heterocycles. The van der Waals surface area contributed by atoms with Gasteiger partial charge in [-0.2, -0.15) is 0 Å². The molecule has 0 saturated heterocycles. The third kappa shape index (κ3) is 2.99. The second-order valence-electron chi connectivity index (χ2n) is 3.15. The first-order valence-electron chi connectivity index (χ1n) is 4.54. The highest BCUT2D eigenvalue weighted by Gasteiger charge is 1.98. The zero-order valence-electron chi connectivity index (χ0n) is 7.92. The van der Waals surface area contributed by atoms with Crippen LogP contribution in [0.5, 0.6) is 0 Å². The average molecular weight is 177 g/mol. The quantitative estimate of drug-likeness (QED) is 0.712. The maximum Gasteiger partial charge on any atom is 0.159 e. The van der Waals surface area contributed by atoms with Gasteiger partial charge in [0.1, 0.15) is 0 Å². The molecule has 1 rings (SSSR count). The van der Waals surface area contributed by atoms with Crippen molar-refractivity contribution in [3.05, 3.63) is 35.4 Å². The number of hydrogen-bond donors (Lipinski definition) is 1. The van der Waals surface area contributed by atoms with Crippen LogP contribution in [0, 0.1) is 0 Å². The molecule has 13 heavy (non-hydrogen) atoms. The molecule has 0 spiro atoms. The minimum absolute atomic E-state index is 0.116. The molecule has 2 nitrogen and oxygen atoms in total. The smallest absolute Gasteiger partial charge is 0.159 e. The fourth-order valence-electron chi connectivity index (χ4n) is 1.21. The van der Waals surface area contributed by atoms with Gasteiger partial charge in [-0.3, -0.25) is 4.79 Å². The van der Waals surface area contributed by atoms with Gasteiger partial charge in [-0.1, -0.05) is 24.3 Å². The minimum atomic E-state index is 0.116. The number of Topliss-reactive ketones (excluding diaryl/α,β-unsaturated/α-hetero) is 1. The third-order valence-electron chi connectivity index (χ3n) is 2.03. The lowest BCUT2D eigenvalue weighted by molar-refractivity contribution is 0.101. The Morgan fingerprint density at radius 2 is 1.92 bits per heavy atom. The van der Waals surface area contributed by atoms with Crippen molar-refractivity contribution in [2.24, 2.45) is 5.73 Å². The van der Waals surface area contributed by atoms with Gasteiger partial charge in [0.2, 0.25) is 0 Å². The Balaban J connectivity index is 2.64. The molecule has 0 atom stereocenters. The summed E-state index contributed by atoms with van der Waals surface area (Å²) in [6.45, 7) is 2.29. The van der Waals surface area contributed by atoms with Gasteiger partial charge < -0.3 is 5.73 Å². The van der Waals surface area contributed by atoms with Crippen LogP contribution >= 0.6 is 0 Å². The first kappa shape index (κ1) is 9.93. The lowest BCUT2D eigenvalue weighted by atomic mass is 10.1. The molecule has 0 saturated carbocycles. The van der Waals surface area contributed by atoms with Gasteiger partial charge in [0.15, 0.2) is 5.78 Å². The maximum absolute atomic E-state index is 11.0. The maximum atomic E-state index is 11.0. The van der Waals surface area contributed by atoms with E-state index < -0.39 is 0 Å². The van der Waals surface area contributed by atoms with E-state index in [1.165, 1.54) is 5.56 Å². The highest BCUT2D eigenvalue weighted by atomic mass is 16.1. The van der Waals surface area contributed by atoms with Crippen molar-refractivity contribution in [1.82, 2.24) is 0 Å². The van der Waals surface area contributed by atoms with Crippen molar-refractivity contribution < 1.29 is 4.79 Å². The predicted molar refractivity (Wildman–Crippen MR) is 53.8 cm³/mol. The number of nitrogens with two attached hydrogens (primary N) is 1. The molecule has 0 unspecified atom stereocenters. The predicted octanol–water partition coefficient (Wildman–Crippen LogP) is 1.78. The topological polar surface area (TPSA) is 43.1 Å². The molecule has 1 aromatic rings. The number of ketones is 1. The Bertz CT molecular complexity index is 277. The first-order valence-corrected chi connectivity index (χ1v) is 4.54. The lowest BCUT2D eigenvalue weighted by Gasteiger charge is -2.00. The summed E-state index contributed by atoms with van der Waals surface area (Å²) in [6.07, 6.45) is 1.99. The van der Waals surface area contributed by atoms with Crippen LogP contribution in [0.25, 0.3) is 0 Å². The van der Waals surface area contributed by atoms with Crippen LogP contribution < -0.4 is 5.73 Å². The third-order valence-corrected chi connectivity index (χ3v) is 2.03. The van der Waals surface area contributed by atoms with Gasteiger partial charge in [0, 0.05) is 5.56 Å². The Labute approximate surface area is 78.8 Å². The van der Waals surface area contributed by atoms with Gasteiger partial charge in [-0.15, -0.1) is 0 Å². The van der Waals surface area contributed by atoms with Crippen LogP contribution in [0.2, 0.25) is 0 Å². The summed E-state index contributed by atoms with van der Waals surface area (Å²) >= 11 is 0. The van der Waals surface area contributed by atoms with Crippen molar-refractivity contribution in [1.29, 1.82) is 0 Å². The first-order chi connectivity index (χ1) is 6.24. The summed E-state index contributed by atoms with van der Waals surface area (Å²) in [6, 6.07) is 7.72. The van der Waals surface area contributed by atoms with E-state index in [1.54, 1.807) is 6.92 Å². The zero-order valence-corrected chi connectivity index (χ0v) is 7.92. The molecule has 0 amide bonds. The SMILES string of the molecule is CC(=O)c1ccc(CCCN)cc1. The normalized spacial score (nSPS) is 10.0. The second kappa shape index (κ2) is 4.77.